The highest BCUT2D eigenvalue weighted by Gasteiger charge is 2.27. The number of carbonyl (C=O) groups is 3. The van der Waals surface area contributed by atoms with Gasteiger partial charge in [-0.25, -0.2) is 4.98 Å². The number of hydrogen-bond donors (Lipinski definition) is 2. The summed E-state index contributed by atoms with van der Waals surface area (Å²) in [5.74, 6) is -0.569. The first-order chi connectivity index (χ1) is 16.9. The fourth-order valence-electron chi connectivity index (χ4n) is 4.01. The van der Waals surface area contributed by atoms with Gasteiger partial charge < -0.3 is 15.5 Å². The summed E-state index contributed by atoms with van der Waals surface area (Å²) in [7, 11) is 0. The summed E-state index contributed by atoms with van der Waals surface area (Å²) >= 11 is 1.23. The van der Waals surface area contributed by atoms with Crippen molar-refractivity contribution >= 4 is 50.1 Å². The number of nitrogens with one attached hydrogen (secondary N) is 2. The highest BCUT2D eigenvalue weighted by atomic mass is 32.1. The number of Topliss-reactive ketones (excluding diaryl/α,β-unsaturated/α-hetero) is 1. The second-order valence-electron chi connectivity index (χ2n) is 8.59. The molecule has 0 saturated carbocycles. The van der Waals surface area contributed by atoms with Crippen LogP contribution in [-0.4, -0.2) is 51.8 Å². The van der Waals surface area contributed by atoms with E-state index in [0.717, 1.165) is 25.8 Å². The monoisotopic (exact) mass is 496 g/mol. The molecule has 1 fully saturated rings. The lowest BCUT2D eigenvalue weighted by Gasteiger charge is -2.31. The molecule has 3 aromatic rings. The molecule has 0 bridgehead atoms. The minimum atomic E-state index is -0.407. The van der Waals surface area contributed by atoms with E-state index in [-0.39, 0.29) is 29.7 Å². The van der Waals surface area contributed by atoms with E-state index >= 15 is 0 Å². The summed E-state index contributed by atoms with van der Waals surface area (Å²) in [5, 5.41) is 6.32. The second kappa shape index (κ2) is 10.8. The number of ketones is 1. The van der Waals surface area contributed by atoms with E-state index in [4.69, 9.17) is 0 Å². The normalized spacial score (nSPS) is 15.7. The maximum absolute atomic E-state index is 13.0. The fourth-order valence-corrected chi connectivity index (χ4v) is 5.02. The first-order valence-corrected chi connectivity index (χ1v) is 12.5. The zero-order chi connectivity index (χ0) is 24.9. The van der Waals surface area contributed by atoms with E-state index in [2.05, 4.69) is 20.6 Å². The lowest BCUT2D eigenvalue weighted by molar-refractivity contribution is -0.125. The van der Waals surface area contributed by atoms with Crippen LogP contribution >= 0.6 is 11.3 Å². The molecule has 1 aliphatic heterocycles. The number of amides is 2. The average molecular weight is 497 g/mol. The number of anilines is 2. The largest absolute Gasteiger partial charge is 0.356 e. The van der Waals surface area contributed by atoms with Crippen molar-refractivity contribution < 1.29 is 14.4 Å². The molecule has 2 aromatic heterocycles. The first-order valence-electron chi connectivity index (χ1n) is 11.6. The molecular formula is C24H28N6O4S. The second-order valence-corrected chi connectivity index (χ2v) is 9.57. The molecular weight excluding hydrogens is 468 g/mol. The van der Waals surface area contributed by atoms with Gasteiger partial charge >= 0.3 is 0 Å². The molecule has 10 nitrogen and oxygen atoms in total. The third-order valence-corrected chi connectivity index (χ3v) is 6.94. The van der Waals surface area contributed by atoms with Gasteiger partial charge in [-0.3, -0.25) is 23.7 Å². The van der Waals surface area contributed by atoms with Crippen LogP contribution in [0.4, 0.5) is 10.8 Å². The van der Waals surface area contributed by atoms with E-state index in [1.807, 2.05) is 11.8 Å². The number of fused-ring (bicyclic) bond motifs is 1. The van der Waals surface area contributed by atoms with Gasteiger partial charge in [0.2, 0.25) is 11.8 Å². The zero-order valence-electron chi connectivity index (χ0n) is 19.7. The van der Waals surface area contributed by atoms with Gasteiger partial charge in [-0.2, -0.15) is 4.98 Å². The Bertz CT molecular complexity index is 1320. The van der Waals surface area contributed by atoms with Crippen LogP contribution in [0.25, 0.3) is 10.3 Å². The van der Waals surface area contributed by atoms with Crippen molar-refractivity contribution in [1.82, 2.24) is 19.9 Å². The van der Waals surface area contributed by atoms with Crippen molar-refractivity contribution in [2.24, 2.45) is 5.92 Å². The average Bonchev–Trinajstić information content (AvgIpc) is 3.30. The smallest absolute Gasteiger partial charge is 0.273 e. The maximum Gasteiger partial charge on any atom is 0.273 e. The predicted octanol–water partition coefficient (Wildman–Crippen LogP) is 2.44. The number of thiazole rings is 1. The summed E-state index contributed by atoms with van der Waals surface area (Å²) in [6.07, 6.45) is 3.90. The Balaban J connectivity index is 1.47. The molecule has 0 spiro atoms. The quantitative estimate of drug-likeness (QED) is 0.459. The summed E-state index contributed by atoms with van der Waals surface area (Å²) in [6.45, 7) is 5.22. The third-order valence-electron chi connectivity index (χ3n) is 5.85. The van der Waals surface area contributed by atoms with Gasteiger partial charge in [-0.05, 0) is 38.3 Å². The SMILES string of the molecule is CCCNC(=O)C1CCCN(c2nc3ncn(CC(=O)Nc4cccc(C(C)=O)c4)c(=O)c3s2)C1. The van der Waals surface area contributed by atoms with E-state index in [0.29, 0.717) is 39.8 Å². The zero-order valence-corrected chi connectivity index (χ0v) is 20.6. The van der Waals surface area contributed by atoms with Gasteiger partial charge in [0, 0.05) is 30.9 Å². The number of piperidine rings is 1. The van der Waals surface area contributed by atoms with Crippen LogP contribution in [0.3, 0.4) is 0 Å². The Morgan fingerprint density at radius 1 is 1.26 bits per heavy atom. The Kier molecular flexibility index (Phi) is 7.54. The Labute approximate surface area is 206 Å². The molecule has 0 radical (unpaired) electrons. The van der Waals surface area contributed by atoms with Crippen LogP contribution in [-0.2, 0) is 16.1 Å². The number of nitrogens with zero attached hydrogens (tertiary/aromatic N) is 4. The number of aromatic nitrogens is 3. The van der Waals surface area contributed by atoms with Crippen LogP contribution in [0.15, 0.2) is 35.4 Å². The van der Waals surface area contributed by atoms with Gasteiger partial charge in [0.05, 0.1) is 5.92 Å². The van der Waals surface area contributed by atoms with Crippen molar-refractivity contribution in [3.05, 3.63) is 46.5 Å². The van der Waals surface area contributed by atoms with Crippen molar-refractivity contribution in [2.45, 2.75) is 39.7 Å². The van der Waals surface area contributed by atoms with Gasteiger partial charge in [-0.1, -0.05) is 30.4 Å². The molecule has 1 atom stereocenters. The maximum atomic E-state index is 13.0. The van der Waals surface area contributed by atoms with Gasteiger partial charge in [0.25, 0.3) is 5.56 Å². The van der Waals surface area contributed by atoms with E-state index in [1.165, 1.54) is 29.2 Å². The molecule has 4 rings (SSSR count). The Morgan fingerprint density at radius 2 is 2.09 bits per heavy atom. The first kappa shape index (κ1) is 24.5. The molecule has 1 saturated heterocycles. The van der Waals surface area contributed by atoms with Gasteiger partial charge in [-0.15, -0.1) is 0 Å². The van der Waals surface area contributed by atoms with Crippen LogP contribution in [0.2, 0.25) is 0 Å². The summed E-state index contributed by atoms with van der Waals surface area (Å²) < 4.78 is 1.61. The van der Waals surface area contributed by atoms with E-state index in [9.17, 15) is 19.2 Å². The van der Waals surface area contributed by atoms with Gasteiger partial charge in [0.1, 0.15) is 17.6 Å². The van der Waals surface area contributed by atoms with Crippen molar-refractivity contribution in [3.63, 3.8) is 0 Å². The molecule has 0 aliphatic carbocycles. The molecule has 1 aliphatic rings. The molecule has 1 unspecified atom stereocenters. The lowest BCUT2D eigenvalue weighted by Crippen LogP contribution is -2.43. The number of hydrogen-bond acceptors (Lipinski definition) is 8. The number of rotatable bonds is 8. The topological polar surface area (TPSA) is 126 Å². The van der Waals surface area contributed by atoms with Crippen LogP contribution in [0.5, 0.6) is 0 Å². The van der Waals surface area contributed by atoms with Crippen LogP contribution in [0, 0.1) is 5.92 Å². The number of carbonyl (C=O) groups excluding carboxylic acids is 3. The Morgan fingerprint density at radius 3 is 2.86 bits per heavy atom. The molecule has 2 N–H and O–H groups in total. The summed E-state index contributed by atoms with van der Waals surface area (Å²) in [6, 6.07) is 6.63. The summed E-state index contributed by atoms with van der Waals surface area (Å²) in [5.41, 5.74) is 0.953. The highest BCUT2D eigenvalue weighted by molar-refractivity contribution is 7.22. The van der Waals surface area contributed by atoms with Gasteiger partial charge in [0.15, 0.2) is 16.6 Å². The highest BCUT2D eigenvalue weighted by Crippen LogP contribution is 2.29. The standard InChI is InChI=1S/C24H28N6O4S/c1-3-9-25-22(33)17-7-5-10-29(12-17)24-28-21-20(35-24)23(34)30(14-26-21)13-19(32)27-18-8-4-6-16(11-18)15(2)31/h4,6,8,11,14,17H,3,5,7,9-10,12-13H2,1-2H3,(H,25,33)(H,27,32). The number of benzene rings is 1. The molecule has 35 heavy (non-hydrogen) atoms. The van der Waals surface area contributed by atoms with Crippen molar-refractivity contribution in [2.75, 3.05) is 29.9 Å². The van der Waals surface area contributed by atoms with Crippen molar-refractivity contribution in [3.8, 4) is 0 Å². The lowest BCUT2D eigenvalue weighted by atomic mass is 9.97. The Hall–Kier alpha value is -3.60. The minimum absolute atomic E-state index is 0.0537. The molecule has 2 amide bonds. The van der Waals surface area contributed by atoms with Crippen LogP contribution < -0.4 is 21.1 Å². The van der Waals surface area contributed by atoms with Crippen molar-refractivity contribution in [1.29, 1.82) is 0 Å². The van der Waals surface area contributed by atoms with E-state index in [1.54, 1.807) is 24.3 Å². The molecule has 184 valence electrons. The fraction of sp³-hybridized carbons (Fsp3) is 0.417. The van der Waals surface area contributed by atoms with Crippen LogP contribution in [0.1, 0.15) is 43.5 Å². The molecule has 1 aromatic carbocycles. The third kappa shape index (κ3) is 5.73. The minimum Gasteiger partial charge on any atom is -0.356 e. The van der Waals surface area contributed by atoms with E-state index < -0.39 is 5.91 Å². The molecule has 11 heteroatoms. The molecule has 3 heterocycles. The predicted molar refractivity (Wildman–Crippen MR) is 135 cm³/mol. The summed E-state index contributed by atoms with van der Waals surface area (Å²) in [4.78, 5) is 60.4.